The monoisotopic (exact) mass is 393 g/mol. The van der Waals surface area contributed by atoms with Crippen LogP contribution >= 0.6 is 11.3 Å². The Balaban J connectivity index is 1.37. The fourth-order valence-electron chi connectivity index (χ4n) is 3.05. The van der Waals surface area contributed by atoms with Crippen molar-refractivity contribution in [2.45, 2.75) is 26.0 Å². The SMILES string of the molecule is Cc1ncc(CNC(=O)c2cccc(NC(=O)C3Cc4ccccc4O3)c2)s1. The topological polar surface area (TPSA) is 80.3 Å². The molecule has 0 spiro atoms. The van der Waals surface area contributed by atoms with Crippen LogP contribution < -0.4 is 15.4 Å². The molecule has 1 atom stereocenters. The number of aromatic nitrogens is 1. The lowest BCUT2D eigenvalue weighted by molar-refractivity contribution is -0.122. The quantitative estimate of drug-likeness (QED) is 0.697. The Bertz CT molecular complexity index is 1010. The van der Waals surface area contributed by atoms with Crippen molar-refractivity contribution in [3.8, 4) is 5.75 Å². The number of nitrogens with one attached hydrogen (secondary N) is 2. The molecule has 0 aliphatic carbocycles. The van der Waals surface area contributed by atoms with Crippen LogP contribution in [0.2, 0.25) is 0 Å². The largest absolute Gasteiger partial charge is 0.480 e. The van der Waals surface area contributed by atoms with E-state index in [0.29, 0.717) is 24.2 Å². The van der Waals surface area contributed by atoms with E-state index in [0.717, 1.165) is 21.2 Å². The van der Waals surface area contributed by atoms with Crippen molar-refractivity contribution in [3.63, 3.8) is 0 Å². The number of thiazole rings is 1. The highest BCUT2D eigenvalue weighted by Gasteiger charge is 2.28. The van der Waals surface area contributed by atoms with Gasteiger partial charge in [0.1, 0.15) is 5.75 Å². The van der Waals surface area contributed by atoms with Gasteiger partial charge in [-0.15, -0.1) is 11.3 Å². The van der Waals surface area contributed by atoms with Crippen LogP contribution in [0.5, 0.6) is 5.75 Å². The third kappa shape index (κ3) is 4.04. The Morgan fingerprint density at radius 3 is 2.86 bits per heavy atom. The lowest BCUT2D eigenvalue weighted by Crippen LogP contribution is -2.31. The Hall–Kier alpha value is -3.19. The highest BCUT2D eigenvalue weighted by molar-refractivity contribution is 7.11. The van der Waals surface area contributed by atoms with Gasteiger partial charge in [0.25, 0.3) is 11.8 Å². The average molecular weight is 393 g/mol. The number of rotatable bonds is 5. The number of aryl methyl sites for hydroxylation is 1. The zero-order chi connectivity index (χ0) is 19.5. The smallest absolute Gasteiger partial charge is 0.265 e. The highest BCUT2D eigenvalue weighted by Crippen LogP contribution is 2.28. The minimum absolute atomic E-state index is 0.202. The summed E-state index contributed by atoms with van der Waals surface area (Å²) in [5.41, 5.74) is 2.06. The van der Waals surface area contributed by atoms with Crippen LogP contribution in [-0.2, 0) is 17.8 Å². The van der Waals surface area contributed by atoms with Crippen molar-refractivity contribution in [1.82, 2.24) is 10.3 Å². The number of hydrogen-bond acceptors (Lipinski definition) is 5. The molecule has 2 amide bonds. The molecule has 142 valence electrons. The Kier molecular flexibility index (Phi) is 5.08. The molecule has 4 rings (SSSR count). The molecule has 28 heavy (non-hydrogen) atoms. The van der Waals surface area contributed by atoms with Crippen molar-refractivity contribution in [1.29, 1.82) is 0 Å². The zero-order valence-electron chi connectivity index (χ0n) is 15.3. The highest BCUT2D eigenvalue weighted by atomic mass is 32.1. The Labute approximate surface area is 166 Å². The van der Waals surface area contributed by atoms with Gasteiger partial charge in [-0.3, -0.25) is 9.59 Å². The lowest BCUT2D eigenvalue weighted by Gasteiger charge is -2.12. The number of fused-ring (bicyclic) bond motifs is 1. The molecule has 0 saturated heterocycles. The fraction of sp³-hybridized carbons (Fsp3) is 0.190. The number of nitrogens with zero attached hydrogens (tertiary/aromatic N) is 1. The number of hydrogen-bond donors (Lipinski definition) is 2. The van der Waals surface area contributed by atoms with E-state index in [9.17, 15) is 9.59 Å². The maximum absolute atomic E-state index is 12.5. The summed E-state index contributed by atoms with van der Waals surface area (Å²) in [6.45, 7) is 2.35. The molecule has 1 aliphatic rings. The summed E-state index contributed by atoms with van der Waals surface area (Å²) in [6.07, 6.45) is 1.73. The second-order valence-electron chi connectivity index (χ2n) is 6.52. The number of carbonyl (C=O) groups is 2. The zero-order valence-corrected chi connectivity index (χ0v) is 16.1. The summed E-state index contributed by atoms with van der Waals surface area (Å²) in [6, 6.07) is 14.5. The molecule has 3 aromatic rings. The number of benzene rings is 2. The molecule has 0 saturated carbocycles. The van der Waals surface area contributed by atoms with Crippen molar-refractivity contribution >= 4 is 28.8 Å². The Morgan fingerprint density at radius 2 is 2.07 bits per heavy atom. The number of amides is 2. The molecular weight excluding hydrogens is 374 g/mol. The van der Waals surface area contributed by atoms with Crippen molar-refractivity contribution in [2.24, 2.45) is 0 Å². The van der Waals surface area contributed by atoms with E-state index in [2.05, 4.69) is 15.6 Å². The minimum Gasteiger partial charge on any atom is -0.480 e. The second kappa shape index (κ2) is 7.82. The molecule has 7 heteroatoms. The summed E-state index contributed by atoms with van der Waals surface area (Å²) in [5, 5.41) is 6.67. The lowest BCUT2D eigenvalue weighted by atomic mass is 10.1. The van der Waals surface area contributed by atoms with E-state index in [1.807, 2.05) is 31.2 Å². The third-order valence-corrected chi connectivity index (χ3v) is 5.34. The normalized spacial score (nSPS) is 14.8. The second-order valence-corrected chi connectivity index (χ2v) is 7.84. The van der Waals surface area contributed by atoms with Crippen LogP contribution in [0.3, 0.4) is 0 Å². The molecule has 0 fully saturated rings. The Morgan fingerprint density at radius 1 is 1.21 bits per heavy atom. The summed E-state index contributed by atoms with van der Waals surface area (Å²) in [7, 11) is 0. The first-order valence-corrected chi connectivity index (χ1v) is 9.75. The molecule has 2 heterocycles. The van der Waals surface area contributed by atoms with Gasteiger partial charge in [0, 0.05) is 28.7 Å². The maximum Gasteiger partial charge on any atom is 0.265 e. The number of anilines is 1. The van der Waals surface area contributed by atoms with Gasteiger partial charge >= 0.3 is 0 Å². The average Bonchev–Trinajstić information content (AvgIpc) is 3.32. The van der Waals surface area contributed by atoms with Crippen LogP contribution in [-0.4, -0.2) is 22.9 Å². The summed E-state index contributed by atoms with van der Waals surface area (Å²) >= 11 is 1.55. The van der Waals surface area contributed by atoms with Crippen LogP contribution in [0, 0.1) is 6.92 Å². The molecule has 1 aromatic heterocycles. The fourth-order valence-corrected chi connectivity index (χ4v) is 3.78. The van der Waals surface area contributed by atoms with Crippen LogP contribution in [0.4, 0.5) is 5.69 Å². The summed E-state index contributed by atoms with van der Waals surface area (Å²) in [4.78, 5) is 30.1. The van der Waals surface area contributed by atoms with Gasteiger partial charge in [-0.1, -0.05) is 24.3 Å². The summed E-state index contributed by atoms with van der Waals surface area (Å²) < 4.78 is 5.71. The van der Waals surface area contributed by atoms with E-state index in [1.54, 1.807) is 41.8 Å². The molecule has 0 radical (unpaired) electrons. The van der Waals surface area contributed by atoms with Gasteiger partial charge < -0.3 is 15.4 Å². The van der Waals surface area contributed by atoms with Gasteiger partial charge in [-0.05, 0) is 36.8 Å². The molecule has 2 N–H and O–H groups in total. The molecule has 1 aliphatic heterocycles. The number of carbonyl (C=O) groups excluding carboxylic acids is 2. The van der Waals surface area contributed by atoms with E-state index in [4.69, 9.17) is 4.74 Å². The van der Waals surface area contributed by atoms with E-state index in [1.165, 1.54) is 0 Å². The van der Waals surface area contributed by atoms with Crippen LogP contribution in [0.15, 0.2) is 54.7 Å². The maximum atomic E-state index is 12.5. The van der Waals surface area contributed by atoms with E-state index in [-0.39, 0.29) is 11.8 Å². The molecule has 6 nitrogen and oxygen atoms in total. The third-order valence-electron chi connectivity index (χ3n) is 4.42. The van der Waals surface area contributed by atoms with E-state index < -0.39 is 6.10 Å². The van der Waals surface area contributed by atoms with E-state index >= 15 is 0 Å². The molecule has 1 unspecified atom stereocenters. The van der Waals surface area contributed by atoms with Crippen molar-refractivity contribution in [3.05, 3.63) is 75.7 Å². The molecule has 0 bridgehead atoms. The van der Waals surface area contributed by atoms with Gasteiger partial charge in [-0.25, -0.2) is 4.98 Å². The van der Waals surface area contributed by atoms with Crippen LogP contribution in [0.25, 0.3) is 0 Å². The minimum atomic E-state index is -0.565. The first kappa shape index (κ1) is 18.2. The number of para-hydroxylation sites is 1. The van der Waals surface area contributed by atoms with Gasteiger partial charge in [0.05, 0.1) is 11.6 Å². The predicted molar refractivity (Wildman–Crippen MR) is 108 cm³/mol. The van der Waals surface area contributed by atoms with Gasteiger partial charge in [0.15, 0.2) is 6.10 Å². The van der Waals surface area contributed by atoms with Crippen molar-refractivity contribution in [2.75, 3.05) is 5.32 Å². The number of ether oxygens (including phenoxy) is 1. The first-order valence-electron chi connectivity index (χ1n) is 8.93. The van der Waals surface area contributed by atoms with Gasteiger partial charge in [0.2, 0.25) is 0 Å². The first-order chi connectivity index (χ1) is 13.6. The molecular formula is C21H19N3O3S. The standard InChI is InChI=1S/C21H19N3O3S/c1-13-22-11-17(28-13)12-23-20(25)15-6-4-7-16(9-15)24-21(26)19-10-14-5-2-3-8-18(14)27-19/h2-9,11,19H,10,12H2,1H3,(H,23,25)(H,24,26). The van der Waals surface area contributed by atoms with Crippen LogP contribution in [0.1, 0.15) is 25.8 Å². The summed E-state index contributed by atoms with van der Waals surface area (Å²) in [5.74, 6) is 0.314. The van der Waals surface area contributed by atoms with Gasteiger partial charge in [-0.2, -0.15) is 0 Å². The van der Waals surface area contributed by atoms with Crippen molar-refractivity contribution < 1.29 is 14.3 Å². The predicted octanol–water partition coefficient (Wildman–Crippen LogP) is 3.32. The molecule has 2 aromatic carbocycles.